The van der Waals surface area contributed by atoms with Crippen LogP contribution in [0.2, 0.25) is 0 Å². The normalized spacial score (nSPS) is 18.2. The number of rotatable bonds is 4. The Morgan fingerprint density at radius 3 is 2.47 bits per heavy atom. The summed E-state index contributed by atoms with van der Waals surface area (Å²) in [6.45, 7) is 4.13. The minimum atomic E-state index is -4.52. The lowest BCUT2D eigenvalue weighted by atomic mass is 9.89. The quantitative estimate of drug-likeness (QED) is 0.854. The third kappa shape index (κ3) is 3.67. The molecule has 2 rings (SSSR count). The van der Waals surface area contributed by atoms with Crippen molar-refractivity contribution in [2.24, 2.45) is 5.41 Å². The number of benzene rings is 1. The van der Waals surface area contributed by atoms with Crippen LogP contribution in [0, 0.1) is 11.2 Å². The molecule has 2 nitrogen and oxygen atoms in total. The minimum absolute atomic E-state index is 0.0280. The zero-order valence-corrected chi connectivity index (χ0v) is 10.5. The monoisotopic (exact) mass is 277 g/mol. The summed E-state index contributed by atoms with van der Waals surface area (Å²) < 4.78 is 55.8. The molecule has 1 aliphatic heterocycles. The van der Waals surface area contributed by atoms with Gasteiger partial charge in [-0.1, -0.05) is 6.92 Å². The molecular formula is C13H15F4NO. The van der Waals surface area contributed by atoms with Crippen molar-refractivity contribution in [1.29, 1.82) is 0 Å². The SMILES string of the molecule is CC1(CNCc2cc(F)cc(C(F)(F)F)c2)COC1. The van der Waals surface area contributed by atoms with Crippen LogP contribution in [0.25, 0.3) is 0 Å². The highest BCUT2D eigenvalue weighted by atomic mass is 19.4. The standard InChI is InChI=1S/C13H15F4NO/c1-12(7-19-8-12)6-18-5-9-2-10(13(15,16)17)4-11(14)3-9/h2-4,18H,5-8H2,1H3. The summed E-state index contributed by atoms with van der Waals surface area (Å²) in [6.07, 6.45) is -4.52. The van der Waals surface area contributed by atoms with Crippen molar-refractivity contribution in [3.05, 3.63) is 35.1 Å². The second kappa shape index (κ2) is 5.09. The van der Waals surface area contributed by atoms with E-state index in [9.17, 15) is 17.6 Å². The molecule has 0 aromatic heterocycles. The molecule has 1 aromatic carbocycles. The Morgan fingerprint density at radius 1 is 1.26 bits per heavy atom. The molecule has 0 saturated carbocycles. The third-order valence-electron chi connectivity index (χ3n) is 3.07. The van der Waals surface area contributed by atoms with E-state index in [-0.39, 0.29) is 17.5 Å². The Morgan fingerprint density at radius 2 is 1.95 bits per heavy atom. The largest absolute Gasteiger partial charge is 0.416 e. The molecule has 1 N–H and O–H groups in total. The fourth-order valence-corrected chi connectivity index (χ4v) is 1.98. The number of hydrogen-bond donors (Lipinski definition) is 1. The lowest BCUT2D eigenvalue weighted by Gasteiger charge is -2.38. The minimum Gasteiger partial charge on any atom is -0.380 e. The summed E-state index contributed by atoms with van der Waals surface area (Å²) >= 11 is 0. The summed E-state index contributed by atoms with van der Waals surface area (Å²) in [5.74, 6) is -0.871. The summed E-state index contributed by atoms with van der Waals surface area (Å²) in [5.41, 5.74) is -0.640. The van der Waals surface area contributed by atoms with E-state index in [1.54, 1.807) is 0 Å². The van der Waals surface area contributed by atoms with Crippen molar-refractivity contribution >= 4 is 0 Å². The first kappa shape index (κ1) is 14.3. The van der Waals surface area contributed by atoms with Gasteiger partial charge in [0.25, 0.3) is 0 Å². The van der Waals surface area contributed by atoms with Crippen LogP contribution in [-0.4, -0.2) is 19.8 Å². The third-order valence-corrected chi connectivity index (χ3v) is 3.07. The first-order valence-electron chi connectivity index (χ1n) is 5.94. The van der Waals surface area contributed by atoms with Gasteiger partial charge in [0.05, 0.1) is 18.8 Å². The topological polar surface area (TPSA) is 21.3 Å². The van der Waals surface area contributed by atoms with Gasteiger partial charge in [-0.05, 0) is 23.8 Å². The van der Waals surface area contributed by atoms with E-state index in [1.165, 1.54) is 0 Å². The zero-order valence-electron chi connectivity index (χ0n) is 10.5. The highest BCUT2D eigenvalue weighted by Gasteiger charge is 2.33. The maximum absolute atomic E-state index is 13.1. The van der Waals surface area contributed by atoms with Crippen LogP contribution in [0.1, 0.15) is 18.1 Å². The van der Waals surface area contributed by atoms with E-state index in [0.29, 0.717) is 25.8 Å². The van der Waals surface area contributed by atoms with E-state index < -0.39 is 17.6 Å². The predicted octanol–water partition coefficient (Wildman–Crippen LogP) is 2.97. The second-order valence-electron chi connectivity index (χ2n) is 5.25. The smallest absolute Gasteiger partial charge is 0.380 e. The van der Waals surface area contributed by atoms with Gasteiger partial charge in [0, 0.05) is 18.5 Å². The predicted molar refractivity (Wildman–Crippen MR) is 62.0 cm³/mol. The van der Waals surface area contributed by atoms with Gasteiger partial charge in [0.2, 0.25) is 0 Å². The molecule has 1 fully saturated rings. The summed E-state index contributed by atoms with van der Waals surface area (Å²) in [4.78, 5) is 0. The number of halogens is 4. The number of hydrogen-bond acceptors (Lipinski definition) is 2. The molecule has 0 amide bonds. The molecule has 0 unspecified atom stereocenters. The molecule has 0 spiro atoms. The second-order valence-corrected chi connectivity index (χ2v) is 5.25. The van der Waals surface area contributed by atoms with E-state index in [2.05, 4.69) is 5.32 Å². The maximum atomic E-state index is 13.1. The van der Waals surface area contributed by atoms with Gasteiger partial charge >= 0.3 is 6.18 Å². The molecule has 1 aliphatic rings. The Hall–Kier alpha value is -1.14. The van der Waals surface area contributed by atoms with Crippen molar-refractivity contribution < 1.29 is 22.3 Å². The highest BCUT2D eigenvalue weighted by molar-refractivity contribution is 5.26. The molecule has 0 atom stereocenters. The van der Waals surface area contributed by atoms with Crippen LogP contribution in [0.4, 0.5) is 17.6 Å². The van der Waals surface area contributed by atoms with Gasteiger partial charge in [-0.3, -0.25) is 0 Å². The zero-order chi connectivity index (χ0) is 14.1. The summed E-state index contributed by atoms with van der Waals surface area (Å²) in [6, 6.07) is 2.59. The molecular weight excluding hydrogens is 262 g/mol. The van der Waals surface area contributed by atoms with Crippen molar-refractivity contribution in [1.82, 2.24) is 5.32 Å². The van der Waals surface area contributed by atoms with Gasteiger partial charge in [-0.2, -0.15) is 13.2 Å². The number of nitrogens with one attached hydrogen (secondary N) is 1. The van der Waals surface area contributed by atoms with Crippen LogP contribution in [0.15, 0.2) is 18.2 Å². The number of ether oxygens (including phenoxy) is 1. The average Bonchev–Trinajstić information content (AvgIpc) is 2.25. The lowest BCUT2D eigenvalue weighted by molar-refractivity contribution is -0.137. The van der Waals surface area contributed by atoms with Gasteiger partial charge in [0.15, 0.2) is 0 Å². The Labute approximate surface area is 108 Å². The van der Waals surface area contributed by atoms with Crippen molar-refractivity contribution in [2.75, 3.05) is 19.8 Å². The molecule has 0 aliphatic carbocycles. The molecule has 1 heterocycles. The number of alkyl halides is 3. The van der Waals surface area contributed by atoms with Crippen LogP contribution in [0.3, 0.4) is 0 Å². The first-order chi connectivity index (χ1) is 8.78. The Kier molecular flexibility index (Phi) is 3.82. The van der Waals surface area contributed by atoms with Gasteiger partial charge in [-0.25, -0.2) is 4.39 Å². The van der Waals surface area contributed by atoms with E-state index in [4.69, 9.17) is 4.74 Å². The maximum Gasteiger partial charge on any atom is 0.416 e. The van der Waals surface area contributed by atoms with E-state index in [0.717, 1.165) is 12.1 Å². The van der Waals surface area contributed by atoms with E-state index in [1.807, 2.05) is 6.92 Å². The van der Waals surface area contributed by atoms with Crippen molar-refractivity contribution in [2.45, 2.75) is 19.6 Å². The molecule has 0 radical (unpaired) electrons. The summed E-state index contributed by atoms with van der Waals surface area (Å²) in [7, 11) is 0. The van der Waals surface area contributed by atoms with Crippen molar-refractivity contribution in [3.63, 3.8) is 0 Å². The van der Waals surface area contributed by atoms with Gasteiger partial charge in [0.1, 0.15) is 5.82 Å². The van der Waals surface area contributed by atoms with Crippen LogP contribution in [0.5, 0.6) is 0 Å². The molecule has 106 valence electrons. The van der Waals surface area contributed by atoms with Crippen molar-refractivity contribution in [3.8, 4) is 0 Å². The molecule has 1 aromatic rings. The van der Waals surface area contributed by atoms with Gasteiger partial charge in [-0.15, -0.1) is 0 Å². The van der Waals surface area contributed by atoms with Crippen LogP contribution >= 0.6 is 0 Å². The van der Waals surface area contributed by atoms with Crippen LogP contribution in [-0.2, 0) is 17.5 Å². The summed E-state index contributed by atoms with van der Waals surface area (Å²) in [5, 5.41) is 3.04. The van der Waals surface area contributed by atoms with Crippen LogP contribution < -0.4 is 5.32 Å². The Bertz CT molecular complexity index is 454. The average molecular weight is 277 g/mol. The molecule has 19 heavy (non-hydrogen) atoms. The molecule has 1 saturated heterocycles. The molecule has 0 bridgehead atoms. The first-order valence-corrected chi connectivity index (χ1v) is 5.94. The van der Waals surface area contributed by atoms with E-state index >= 15 is 0 Å². The highest BCUT2D eigenvalue weighted by Crippen LogP contribution is 2.30. The van der Waals surface area contributed by atoms with Gasteiger partial charge < -0.3 is 10.1 Å². The lowest BCUT2D eigenvalue weighted by Crippen LogP contribution is -2.47. The molecule has 6 heteroatoms. The fraction of sp³-hybridized carbons (Fsp3) is 0.538. The fourth-order valence-electron chi connectivity index (χ4n) is 1.98. The Balaban J connectivity index is 1.98.